The van der Waals surface area contributed by atoms with Gasteiger partial charge in [0.2, 0.25) is 0 Å². The molecule has 2 aromatic carbocycles. The molecule has 0 heterocycles. The van der Waals surface area contributed by atoms with E-state index in [2.05, 4.69) is 15.9 Å². The number of hydrogen-bond acceptors (Lipinski definition) is 2. The van der Waals surface area contributed by atoms with Gasteiger partial charge in [-0.1, -0.05) is 34.1 Å². The summed E-state index contributed by atoms with van der Waals surface area (Å²) in [5, 5.41) is 0. The molecule has 2 rings (SSSR count). The molecule has 4 heteroatoms. The summed E-state index contributed by atoms with van der Waals surface area (Å²) in [5.74, 6) is -0.418. The largest absolute Gasteiger partial charge is 0.497 e. The van der Waals surface area contributed by atoms with Crippen LogP contribution in [0.3, 0.4) is 0 Å². The van der Waals surface area contributed by atoms with Gasteiger partial charge in [-0.3, -0.25) is 4.79 Å². The van der Waals surface area contributed by atoms with Crippen LogP contribution in [0.5, 0.6) is 5.75 Å². The van der Waals surface area contributed by atoms with Crippen molar-refractivity contribution in [3.8, 4) is 5.75 Å². The zero-order chi connectivity index (χ0) is 13.8. The van der Waals surface area contributed by atoms with Crippen molar-refractivity contribution in [3.05, 3.63) is 63.9 Å². The van der Waals surface area contributed by atoms with Gasteiger partial charge < -0.3 is 4.74 Å². The Labute approximate surface area is 119 Å². The van der Waals surface area contributed by atoms with Crippen molar-refractivity contribution >= 4 is 21.7 Å². The molecule has 19 heavy (non-hydrogen) atoms. The van der Waals surface area contributed by atoms with Crippen molar-refractivity contribution in [2.75, 3.05) is 7.11 Å². The molecule has 0 aliphatic heterocycles. The van der Waals surface area contributed by atoms with Crippen LogP contribution in [0.15, 0.2) is 46.9 Å². The second kappa shape index (κ2) is 5.97. The second-order valence-corrected chi connectivity index (χ2v) is 4.89. The summed E-state index contributed by atoms with van der Waals surface area (Å²) in [4.78, 5) is 12.1. The van der Waals surface area contributed by atoms with Crippen LogP contribution in [0.25, 0.3) is 0 Å². The number of ketones is 1. The van der Waals surface area contributed by atoms with Gasteiger partial charge in [-0.15, -0.1) is 0 Å². The molecule has 2 aromatic rings. The summed E-state index contributed by atoms with van der Waals surface area (Å²) in [6, 6.07) is 11.6. The third kappa shape index (κ3) is 3.20. The molecule has 0 saturated heterocycles. The van der Waals surface area contributed by atoms with Crippen molar-refractivity contribution in [3.63, 3.8) is 0 Å². The number of carbonyl (C=O) groups is 1. The molecule has 0 aliphatic carbocycles. The van der Waals surface area contributed by atoms with E-state index in [1.165, 1.54) is 19.2 Å². The first-order valence-electron chi connectivity index (χ1n) is 5.72. The molecule has 0 fully saturated rings. The molecule has 0 aliphatic rings. The topological polar surface area (TPSA) is 26.3 Å². The Bertz CT molecular complexity index is 611. The summed E-state index contributed by atoms with van der Waals surface area (Å²) in [6.07, 6.45) is 0.157. The molecular weight excluding hydrogens is 311 g/mol. The van der Waals surface area contributed by atoms with Gasteiger partial charge in [0.15, 0.2) is 5.78 Å². The molecule has 2 nitrogen and oxygen atoms in total. The van der Waals surface area contributed by atoms with Crippen LogP contribution in [-0.4, -0.2) is 12.9 Å². The number of Topliss-reactive ketones (excluding diaryl/α,β-unsaturated/α-hetero) is 1. The van der Waals surface area contributed by atoms with Gasteiger partial charge in [-0.25, -0.2) is 4.39 Å². The number of benzene rings is 2. The van der Waals surface area contributed by atoms with Crippen molar-refractivity contribution in [1.82, 2.24) is 0 Å². The van der Waals surface area contributed by atoms with Gasteiger partial charge in [0.25, 0.3) is 0 Å². The molecule has 0 N–H and O–H groups in total. The highest BCUT2D eigenvalue weighted by molar-refractivity contribution is 9.10. The second-order valence-electron chi connectivity index (χ2n) is 4.04. The van der Waals surface area contributed by atoms with E-state index in [4.69, 9.17) is 4.74 Å². The highest BCUT2D eigenvalue weighted by Gasteiger charge is 2.14. The van der Waals surface area contributed by atoms with Crippen LogP contribution < -0.4 is 4.74 Å². The lowest BCUT2D eigenvalue weighted by Gasteiger charge is -2.06. The van der Waals surface area contributed by atoms with E-state index < -0.39 is 5.82 Å². The third-order valence-corrected chi connectivity index (χ3v) is 3.56. The first-order valence-corrected chi connectivity index (χ1v) is 6.51. The quantitative estimate of drug-likeness (QED) is 0.795. The molecule has 0 aromatic heterocycles. The molecule has 0 saturated carbocycles. The summed E-state index contributed by atoms with van der Waals surface area (Å²) < 4.78 is 19.5. The average Bonchev–Trinajstić information content (AvgIpc) is 2.41. The lowest BCUT2D eigenvalue weighted by atomic mass is 10.0. The van der Waals surface area contributed by atoms with Crippen molar-refractivity contribution in [2.45, 2.75) is 6.42 Å². The average molecular weight is 323 g/mol. The molecule has 0 amide bonds. The third-order valence-electron chi connectivity index (χ3n) is 2.79. The Kier molecular flexibility index (Phi) is 4.32. The molecule has 98 valence electrons. The summed E-state index contributed by atoms with van der Waals surface area (Å²) in [7, 11) is 1.46. The van der Waals surface area contributed by atoms with E-state index in [9.17, 15) is 9.18 Å². The first kappa shape index (κ1) is 13.7. The fourth-order valence-electron chi connectivity index (χ4n) is 1.76. The molecule has 0 spiro atoms. The number of rotatable bonds is 4. The molecular formula is C15H12BrFO2. The zero-order valence-electron chi connectivity index (χ0n) is 10.3. The van der Waals surface area contributed by atoms with Gasteiger partial charge in [-0.2, -0.15) is 0 Å². The number of ether oxygens (including phenoxy) is 1. The lowest BCUT2D eigenvalue weighted by molar-refractivity contribution is 0.0989. The van der Waals surface area contributed by atoms with Crippen LogP contribution in [0.4, 0.5) is 4.39 Å². The van der Waals surface area contributed by atoms with E-state index in [1.807, 2.05) is 24.3 Å². The maximum atomic E-state index is 13.8. The standard InChI is InChI=1S/C15H12BrFO2/c1-19-11-6-7-12(14(17)9-11)15(18)8-10-4-2-3-5-13(10)16/h2-7,9H,8H2,1H3. The Morgan fingerprint density at radius 3 is 2.63 bits per heavy atom. The van der Waals surface area contributed by atoms with E-state index >= 15 is 0 Å². The fourth-order valence-corrected chi connectivity index (χ4v) is 2.18. The number of halogens is 2. The van der Waals surface area contributed by atoms with Gasteiger partial charge in [0.05, 0.1) is 12.7 Å². The minimum Gasteiger partial charge on any atom is -0.497 e. The Morgan fingerprint density at radius 1 is 1.26 bits per heavy atom. The molecule has 0 atom stereocenters. The van der Waals surface area contributed by atoms with E-state index in [-0.39, 0.29) is 17.8 Å². The van der Waals surface area contributed by atoms with Crippen LogP contribution >= 0.6 is 15.9 Å². The fraction of sp³-hybridized carbons (Fsp3) is 0.133. The maximum Gasteiger partial charge on any atom is 0.170 e. The van der Waals surface area contributed by atoms with Gasteiger partial charge >= 0.3 is 0 Å². The van der Waals surface area contributed by atoms with E-state index in [0.29, 0.717) is 5.75 Å². The smallest absolute Gasteiger partial charge is 0.170 e. The van der Waals surface area contributed by atoms with Crippen molar-refractivity contribution in [1.29, 1.82) is 0 Å². The Hall–Kier alpha value is -1.68. The Morgan fingerprint density at radius 2 is 2.00 bits per heavy atom. The van der Waals surface area contributed by atoms with Gasteiger partial charge in [0.1, 0.15) is 11.6 Å². The van der Waals surface area contributed by atoms with Crippen LogP contribution in [0.2, 0.25) is 0 Å². The number of methoxy groups -OCH3 is 1. The van der Waals surface area contributed by atoms with Crippen LogP contribution in [-0.2, 0) is 6.42 Å². The summed E-state index contributed by atoms with van der Waals surface area (Å²) in [5.41, 5.74) is 0.916. The van der Waals surface area contributed by atoms with Crippen molar-refractivity contribution < 1.29 is 13.9 Å². The lowest BCUT2D eigenvalue weighted by Crippen LogP contribution is -2.06. The molecule has 0 bridgehead atoms. The predicted molar refractivity (Wildman–Crippen MR) is 75.1 cm³/mol. The highest BCUT2D eigenvalue weighted by Crippen LogP contribution is 2.21. The monoisotopic (exact) mass is 322 g/mol. The normalized spacial score (nSPS) is 10.3. The maximum absolute atomic E-state index is 13.8. The van der Waals surface area contributed by atoms with E-state index in [1.54, 1.807) is 6.07 Å². The molecule has 0 radical (unpaired) electrons. The zero-order valence-corrected chi connectivity index (χ0v) is 11.9. The SMILES string of the molecule is COc1ccc(C(=O)Cc2ccccc2Br)c(F)c1. The number of carbonyl (C=O) groups excluding carboxylic acids is 1. The molecule has 0 unspecified atom stereocenters. The highest BCUT2D eigenvalue weighted by atomic mass is 79.9. The van der Waals surface area contributed by atoms with Gasteiger partial charge in [-0.05, 0) is 23.8 Å². The minimum atomic E-state index is -0.559. The van der Waals surface area contributed by atoms with Crippen LogP contribution in [0.1, 0.15) is 15.9 Å². The number of hydrogen-bond donors (Lipinski definition) is 0. The van der Waals surface area contributed by atoms with E-state index in [0.717, 1.165) is 10.0 Å². The van der Waals surface area contributed by atoms with Crippen LogP contribution in [0, 0.1) is 5.82 Å². The van der Waals surface area contributed by atoms with Crippen molar-refractivity contribution in [2.24, 2.45) is 0 Å². The summed E-state index contributed by atoms with van der Waals surface area (Å²) in [6.45, 7) is 0. The summed E-state index contributed by atoms with van der Waals surface area (Å²) >= 11 is 3.37. The van der Waals surface area contributed by atoms with Gasteiger partial charge in [0, 0.05) is 17.0 Å². The minimum absolute atomic E-state index is 0.0801. The first-order chi connectivity index (χ1) is 9.11. The Balaban J connectivity index is 2.23. The predicted octanol–water partition coefficient (Wildman–Crippen LogP) is 4.02.